The molecule has 5 heteroatoms. The number of hydrogen-bond donors (Lipinski definition) is 1. The van der Waals surface area contributed by atoms with Crippen LogP contribution >= 0.6 is 0 Å². The molecular formula is C16H16F3NO. The second-order valence-electron chi connectivity index (χ2n) is 4.61. The Hall–Kier alpha value is -2.01. The third kappa shape index (κ3) is 4.23. The molecule has 1 N–H and O–H groups in total. The predicted octanol–water partition coefficient (Wildman–Crippen LogP) is 4.28. The van der Waals surface area contributed by atoms with E-state index in [1.165, 1.54) is 12.1 Å². The van der Waals surface area contributed by atoms with Crippen LogP contribution in [0.5, 0.6) is 5.75 Å². The van der Waals surface area contributed by atoms with Crippen LogP contribution in [0.4, 0.5) is 13.2 Å². The Balaban J connectivity index is 2.07. The predicted molar refractivity (Wildman–Crippen MR) is 74.7 cm³/mol. The summed E-state index contributed by atoms with van der Waals surface area (Å²) in [7, 11) is 0. The fourth-order valence-electron chi connectivity index (χ4n) is 2.06. The molecule has 1 atom stereocenters. The Morgan fingerprint density at radius 1 is 1.05 bits per heavy atom. The summed E-state index contributed by atoms with van der Waals surface area (Å²) in [5, 5.41) is 3.10. The largest absolute Gasteiger partial charge is 0.434 e. The summed E-state index contributed by atoms with van der Waals surface area (Å²) in [6, 6.07) is 12.7. The highest BCUT2D eigenvalue weighted by atomic mass is 19.3. The Morgan fingerprint density at radius 2 is 1.71 bits per heavy atom. The van der Waals surface area contributed by atoms with Crippen molar-refractivity contribution in [2.45, 2.75) is 26.1 Å². The minimum Gasteiger partial charge on any atom is -0.434 e. The SMILES string of the molecule is CC(NCc1ccccc1F)c1ccccc1OC(F)F. The summed E-state index contributed by atoms with van der Waals surface area (Å²) >= 11 is 0. The zero-order chi connectivity index (χ0) is 15.2. The van der Waals surface area contributed by atoms with Gasteiger partial charge in [-0.2, -0.15) is 8.78 Å². The Labute approximate surface area is 121 Å². The molecule has 0 aliphatic rings. The van der Waals surface area contributed by atoms with Crippen molar-refractivity contribution >= 4 is 0 Å². The number of hydrogen-bond acceptors (Lipinski definition) is 2. The van der Waals surface area contributed by atoms with E-state index >= 15 is 0 Å². The Bertz CT molecular complexity index is 589. The highest BCUT2D eigenvalue weighted by Crippen LogP contribution is 2.26. The summed E-state index contributed by atoms with van der Waals surface area (Å²) in [5.41, 5.74) is 1.13. The van der Waals surface area contributed by atoms with Crippen LogP contribution in [-0.2, 0) is 6.54 Å². The topological polar surface area (TPSA) is 21.3 Å². The lowest BCUT2D eigenvalue weighted by Crippen LogP contribution is -2.20. The van der Waals surface area contributed by atoms with Crippen molar-refractivity contribution in [1.29, 1.82) is 0 Å². The molecule has 2 aromatic rings. The number of halogens is 3. The standard InChI is InChI=1S/C16H16F3NO/c1-11(20-10-12-6-2-4-8-14(12)17)13-7-3-5-9-15(13)21-16(18)19/h2-9,11,16,20H,10H2,1H3. The van der Waals surface area contributed by atoms with E-state index in [0.717, 1.165) is 0 Å². The third-order valence-corrected chi connectivity index (χ3v) is 3.16. The van der Waals surface area contributed by atoms with Gasteiger partial charge in [-0.05, 0) is 19.1 Å². The molecule has 0 heterocycles. The summed E-state index contributed by atoms with van der Waals surface area (Å²) < 4.78 is 42.8. The maximum absolute atomic E-state index is 13.5. The van der Waals surface area contributed by atoms with Crippen molar-refractivity contribution < 1.29 is 17.9 Å². The summed E-state index contributed by atoms with van der Waals surface area (Å²) in [5.74, 6) is -0.171. The Kier molecular flexibility index (Phi) is 5.22. The molecule has 2 nitrogen and oxygen atoms in total. The van der Waals surface area contributed by atoms with Crippen molar-refractivity contribution in [3.63, 3.8) is 0 Å². The van der Waals surface area contributed by atoms with E-state index in [-0.39, 0.29) is 17.6 Å². The smallest absolute Gasteiger partial charge is 0.387 e. The lowest BCUT2D eigenvalue weighted by Gasteiger charge is -2.18. The molecule has 2 aromatic carbocycles. The lowest BCUT2D eigenvalue weighted by molar-refractivity contribution is -0.0506. The van der Waals surface area contributed by atoms with Crippen LogP contribution in [-0.4, -0.2) is 6.61 Å². The van der Waals surface area contributed by atoms with Gasteiger partial charge in [-0.1, -0.05) is 36.4 Å². The number of ether oxygens (including phenoxy) is 1. The average Bonchev–Trinajstić information content (AvgIpc) is 2.46. The fraction of sp³-hybridized carbons (Fsp3) is 0.250. The Morgan fingerprint density at radius 3 is 2.43 bits per heavy atom. The van der Waals surface area contributed by atoms with E-state index in [1.54, 1.807) is 36.4 Å². The van der Waals surface area contributed by atoms with Gasteiger partial charge in [0.2, 0.25) is 0 Å². The minimum absolute atomic E-state index is 0.126. The van der Waals surface area contributed by atoms with Crippen molar-refractivity contribution in [3.05, 3.63) is 65.5 Å². The molecule has 0 spiro atoms. The van der Waals surface area contributed by atoms with Gasteiger partial charge >= 0.3 is 6.61 Å². The number of nitrogens with one attached hydrogen (secondary N) is 1. The highest BCUT2D eigenvalue weighted by Gasteiger charge is 2.14. The summed E-state index contributed by atoms with van der Waals surface area (Å²) in [4.78, 5) is 0. The van der Waals surface area contributed by atoms with Gasteiger partial charge in [-0.25, -0.2) is 4.39 Å². The molecule has 2 rings (SSSR count). The van der Waals surface area contributed by atoms with Gasteiger partial charge < -0.3 is 10.1 Å². The van der Waals surface area contributed by atoms with Gasteiger partial charge in [0, 0.05) is 23.7 Å². The first-order valence-electron chi connectivity index (χ1n) is 6.58. The van der Waals surface area contributed by atoms with Crippen molar-refractivity contribution in [2.75, 3.05) is 0 Å². The van der Waals surface area contributed by atoms with E-state index in [4.69, 9.17) is 0 Å². The van der Waals surface area contributed by atoms with Crippen LogP contribution in [0, 0.1) is 5.82 Å². The van der Waals surface area contributed by atoms with Gasteiger partial charge in [-0.15, -0.1) is 0 Å². The van der Waals surface area contributed by atoms with Crippen LogP contribution < -0.4 is 10.1 Å². The number of rotatable bonds is 6. The van der Waals surface area contributed by atoms with Crippen molar-refractivity contribution in [2.24, 2.45) is 0 Å². The molecule has 0 saturated carbocycles. The molecule has 0 saturated heterocycles. The zero-order valence-electron chi connectivity index (χ0n) is 11.5. The molecule has 112 valence electrons. The number of para-hydroxylation sites is 1. The number of alkyl halides is 2. The second-order valence-corrected chi connectivity index (χ2v) is 4.61. The van der Waals surface area contributed by atoms with Gasteiger partial charge in [0.25, 0.3) is 0 Å². The number of benzene rings is 2. The first-order valence-corrected chi connectivity index (χ1v) is 6.58. The van der Waals surface area contributed by atoms with Crippen LogP contribution in [0.25, 0.3) is 0 Å². The molecule has 21 heavy (non-hydrogen) atoms. The lowest BCUT2D eigenvalue weighted by atomic mass is 10.1. The van der Waals surface area contributed by atoms with Gasteiger partial charge in [-0.3, -0.25) is 0 Å². The summed E-state index contributed by atoms with van der Waals surface area (Å²) in [6.07, 6.45) is 0. The quantitative estimate of drug-likeness (QED) is 0.859. The molecule has 0 amide bonds. The second kappa shape index (κ2) is 7.13. The third-order valence-electron chi connectivity index (χ3n) is 3.16. The van der Waals surface area contributed by atoms with Crippen LogP contribution in [0.15, 0.2) is 48.5 Å². The molecular weight excluding hydrogens is 279 g/mol. The molecule has 0 aliphatic carbocycles. The van der Waals surface area contributed by atoms with Crippen molar-refractivity contribution in [1.82, 2.24) is 5.32 Å². The summed E-state index contributed by atoms with van der Waals surface area (Å²) in [6.45, 7) is -0.754. The zero-order valence-corrected chi connectivity index (χ0v) is 11.5. The van der Waals surface area contributed by atoms with E-state index in [2.05, 4.69) is 10.1 Å². The van der Waals surface area contributed by atoms with Crippen LogP contribution in [0.3, 0.4) is 0 Å². The van der Waals surface area contributed by atoms with Crippen molar-refractivity contribution in [3.8, 4) is 5.75 Å². The first kappa shape index (κ1) is 15.4. The van der Waals surface area contributed by atoms with Gasteiger partial charge in [0.15, 0.2) is 0 Å². The monoisotopic (exact) mass is 295 g/mol. The highest BCUT2D eigenvalue weighted by molar-refractivity contribution is 5.35. The molecule has 0 radical (unpaired) electrons. The van der Waals surface area contributed by atoms with Gasteiger partial charge in [0.1, 0.15) is 11.6 Å². The molecule has 0 aromatic heterocycles. The fourth-order valence-corrected chi connectivity index (χ4v) is 2.06. The molecule has 1 unspecified atom stereocenters. The van der Waals surface area contributed by atoms with E-state index in [0.29, 0.717) is 17.7 Å². The maximum Gasteiger partial charge on any atom is 0.387 e. The van der Waals surface area contributed by atoms with Gasteiger partial charge in [0.05, 0.1) is 0 Å². The van der Waals surface area contributed by atoms with Crippen LogP contribution in [0.2, 0.25) is 0 Å². The van der Waals surface area contributed by atoms with E-state index < -0.39 is 6.61 Å². The first-order chi connectivity index (χ1) is 10.1. The van der Waals surface area contributed by atoms with E-state index in [9.17, 15) is 13.2 Å². The normalized spacial score (nSPS) is 12.4. The van der Waals surface area contributed by atoms with Crippen LogP contribution in [0.1, 0.15) is 24.1 Å². The van der Waals surface area contributed by atoms with E-state index in [1.807, 2.05) is 6.92 Å². The molecule has 0 aliphatic heterocycles. The average molecular weight is 295 g/mol. The molecule has 0 bridgehead atoms. The minimum atomic E-state index is -2.87. The maximum atomic E-state index is 13.5. The molecule has 0 fully saturated rings.